The monoisotopic (exact) mass is 629 g/mol. The summed E-state index contributed by atoms with van der Waals surface area (Å²) in [6, 6.07) is 4.93. The van der Waals surface area contributed by atoms with Gasteiger partial charge >= 0.3 is 0 Å². The van der Waals surface area contributed by atoms with Crippen molar-refractivity contribution in [3.05, 3.63) is 45.7 Å². The second-order valence-electron chi connectivity index (χ2n) is 10.6. The molecule has 212 valence electrons. The minimum atomic E-state index is -0.294. The minimum Gasteiger partial charge on any atom is -0.378 e. The molecule has 14 heteroatoms. The van der Waals surface area contributed by atoms with Crippen molar-refractivity contribution >= 4 is 89.8 Å². The van der Waals surface area contributed by atoms with E-state index in [9.17, 15) is 4.79 Å². The van der Waals surface area contributed by atoms with Gasteiger partial charge in [-0.1, -0.05) is 35.0 Å². The fourth-order valence-electron chi connectivity index (χ4n) is 5.27. The molecular weight excluding hydrogens is 605 g/mol. The van der Waals surface area contributed by atoms with Crippen LogP contribution in [0.2, 0.25) is 10.0 Å². The number of thiophene rings is 1. The first-order valence-corrected chi connectivity index (χ1v) is 15.7. The number of carbonyl (C=O) groups is 1. The average Bonchev–Trinajstić information content (AvgIpc) is 3.54. The Kier molecular flexibility index (Phi) is 6.95. The van der Waals surface area contributed by atoms with E-state index in [4.69, 9.17) is 42.6 Å². The van der Waals surface area contributed by atoms with E-state index < -0.39 is 0 Å². The van der Waals surface area contributed by atoms with Crippen LogP contribution in [-0.2, 0) is 27.3 Å². The number of fused-ring (bicyclic) bond motifs is 7. The lowest BCUT2D eigenvalue weighted by Crippen LogP contribution is -2.39. The summed E-state index contributed by atoms with van der Waals surface area (Å²) in [6.45, 7) is 7.70. The van der Waals surface area contributed by atoms with Crippen LogP contribution in [0.15, 0.2) is 29.7 Å². The molecule has 2 aliphatic rings. The van der Waals surface area contributed by atoms with E-state index in [2.05, 4.69) is 34.3 Å². The maximum Gasteiger partial charge on any atom is 0.234 e. The third kappa shape index (κ3) is 5.00. The molecule has 0 bridgehead atoms. The Morgan fingerprint density at radius 3 is 2.83 bits per heavy atom. The van der Waals surface area contributed by atoms with Gasteiger partial charge in [-0.2, -0.15) is 0 Å². The van der Waals surface area contributed by atoms with Crippen LogP contribution < -0.4 is 10.2 Å². The molecular formula is C27H25Cl2N7O3S2. The molecule has 5 aromatic rings. The van der Waals surface area contributed by atoms with Gasteiger partial charge in [0.15, 0.2) is 10.8 Å². The molecule has 0 saturated carbocycles. The summed E-state index contributed by atoms with van der Waals surface area (Å²) in [7, 11) is 0. The molecule has 0 spiro atoms. The normalized spacial score (nSPS) is 16.9. The van der Waals surface area contributed by atoms with Gasteiger partial charge in [0.25, 0.3) is 0 Å². The van der Waals surface area contributed by atoms with E-state index in [0.717, 1.165) is 51.3 Å². The smallest absolute Gasteiger partial charge is 0.234 e. The van der Waals surface area contributed by atoms with Gasteiger partial charge in [0.05, 0.1) is 47.4 Å². The van der Waals surface area contributed by atoms with Crippen molar-refractivity contribution in [3.8, 4) is 0 Å². The Morgan fingerprint density at radius 1 is 1.20 bits per heavy atom. The molecule has 0 aliphatic carbocycles. The number of halogens is 2. The molecule has 0 atom stereocenters. The van der Waals surface area contributed by atoms with Crippen molar-refractivity contribution < 1.29 is 14.3 Å². The first-order chi connectivity index (χ1) is 19.8. The number of amides is 1. The largest absolute Gasteiger partial charge is 0.378 e. The minimum absolute atomic E-state index is 0.122. The van der Waals surface area contributed by atoms with Gasteiger partial charge < -0.3 is 19.7 Å². The molecule has 1 aromatic carbocycles. The fourth-order valence-corrected chi connectivity index (χ4v) is 7.56. The topological polar surface area (TPSA) is 107 Å². The van der Waals surface area contributed by atoms with Crippen LogP contribution in [0.4, 0.5) is 11.5 Å². The second-order valence-corrected chi connectivity index (χ2v) is 13.3. The van der Waals surface area contributed by atoms with Gasteiger partial charge in [-0.05, 0) is 37.6 Å². The number of aromatic nitrogens is 5. The Balaban J connectivity index is 1.24. The van der Waals surface area contributed by atoms with E-state index in [1.165, 1.54) is 17.3 Å². The highest BCUT2D eigenvalue weighted by atomic mass is 35.5. The molecule has 0 radical (unpaired) electrons. The number of hydrogen-bond acceptors (Lipinski definition) is 10. The molecule has 1 amide bonds. The second kappa shape index (κ2) is 10.5. The number of nitrogens with one attached hydrogen (secondary N) is 1. The zero-order chi connectivity index (χ0) is 28.3. The van der Waals surface area contributed by atoms with Crippen molar-refractivity contribution in [2.75, 3.05) is 42.3 Å². The number of hydrogen-bond donors (Lipinski definition) is 1. The zero-order valence-electron chi connectivity index (χ0n) is 22.2. The van der Waals surface area contributed by atoms with E-state index in [1.54, 1.807) is 35.9 Å². The van der Waals surface area contributed by atoms with E-state index in [0.29, 0.717) is 46.4 Å². The van der Waals surface area contributed by atoms with Crippen LogP contribution in [0.1, 0.15) is 25.0 Å². The molecule has 1 saturated heterocycles. The molecule has 1 N–H and O–H groups in total. The summed E-state index contributed by atoms with van der Waals surface area (Å²) >= 11 is 15.0. The van der Waals surface area contributed by atoms with E-state index in [1.807, 2.05) is 4.40 Å². The van der Waals surface area contributed by atoms with Gasteiger partial charge in [0, 0.05) is 35.5 Å². The summed E-state index contributed by atoms with van der Waals surface area (Å²) in [5.41, 5.74) is 4.13. The molecule has 10 nitrogen and oxygen atoms in total. The molecule has 6 heterocycles. The lowest BCUT2D eigenvalue weighted by Gasteiger charge is -2.36. The summed E-state index contributed by atoms with van der Waals surface area (Å²) < 4.78 is 14.6. The van der Waals surface area contributed by atoms with Gasteiger partial charge in [0.2, 0.25) is 5.91 Å². The van der Waals surface area contributed by atoms with E-state index in [-0.39, 0.29) is 17.3 Å². The Bertz CT molecular complexity index is 1830. The molecule has 2 aliphatic heterocycles. The quantitative estimate of drug-likeness (QED) is 0.248. The third-order valence-electron chi connectivity index (χ3n) is 7.24. The van der Waals surface area contributed by atoms with Crippen molar-refractivity contribution in [1.82, 2.24) is 24.6 Å². The van der Waals surface area contributed by atoms with Gasteiger partial charge in [-0.3, -0.25) is 9.20 Å². The van der Waals surface area contributed by atoms with Crippen molar-refractivity contribution in [2.45, 2.75) is 37.6 Å². The Hall–Kier alpha value is -2.74. The number of nitrogens with zero attached hydrogens (tertiary/aromatic N) is 6. The zero-order valence-corrected chi connectivity index (χ0v) is 25.4. The van der Waals surface area contributed by atoms with Gasteiger partial charge in [-0.15, -0.1) is 21.5 Å². The van der Waals surface area contributed by atoms with Crippen molar-refractivity contribution in [3.63, 3.8) is 0 Å². The highest BCUT2D eigenvalue weighted by molar-refractivity contribution is 7.99. The van der Waals surface area contributed by atoms with Crippen LogP contribution in [0, 0.1) is 0 Å². The standard InChI is InChI=1S/C27H25Cl2N7O3S2/c1-27(2)10-15-16(11-39-27)23(35-5-7-38-8-6-35)32-25-20(15)21-22(41-25)24-33-34-26(36(24)13-30-21)40-12-19(37)31-18-4-3-14(28)9-17(18)29/h3-4,9,13H,5-8,10-12H2,1-2H3,(H,31,37). The van der Waals surface area contributed by atoms with Crippen molar-refractivity contribution in [2.24, 2.45) is 0 Å². The van der Waals surface area contributed by atoms with E-state index >= 15 is 0 Å². The first kappa shape index (κ1) is 27.1. The number of benzene rings is 1. The number of thioether (sulfide) groups is 1. The van der Waals surface area contributed by atoms with Crippen LogP contribution >= 0.6 is 46.3 Å². The molecule has 41 heavy (non-hydrogen) atoms. The number of ether oxygens (including phenoxy) is 2. The molecule has 4 aromatic heterocycles. The maximum absolute atomic E-state index is 12.6. The van der Waals surface area contributed by atoms with Crippen LogP contribution in [0.3, 0.4) is 0 Å². The predicted molar refractivity (Wildman–Crippen MR) is 163 cm³/mol. The molecule has 1 fully saturated rings. The number of anilines is 2. The third-order valence-corrected chi connectivity index (χ3v) is 9.80. The lowest BCUT2D eigenvalue weighted by molar-refractivity contribution is -0.113. The SMILES string of the molecule is CC1(C)Cc2c(c(N3CCOCC3)nc3sc4c(ncn5c(SCC(=O)Nc6ccc(Cl)cc6Cl)nnc45)c23)CO1. The van der Waals surface area contributed by atoms with Crippen LogP contribution in [-0.4, -0.2) is 68.1 Å². The van der Waals surface area contributed by atoms with Gasteiger partial charge in [-0.25, -0.2) is 9.97 Å². The number of rotatable bonds is 5. The Labute approximate surface area is 253 Å². The van der Waals surface area contributed by atoms with Gasteiger partial charge in [0.1, 0.15) is 21.7 Å². The average molecular weight is 631 g/mol. The highest BCUT2D eigenvalue weighted by Crippen LogP contribution is 2.43. The van der Waals surface area contributed by atoms with Crippen molar-refractivity contribution in [1.29, 1.82) is 0 Å². The predicted octanol–water partition coefficient (Wildman–Crippen LogP) is 5.61. The lowest BCUT2D eigenvalue weighted by atomic mass is 9.90. The molecule has 7 rings (SSSR count). The number of carbonyl (C=O) groups excluding carboxylic acids is 1. The van der Waals surface area contributed by atoms with Crippen LogP contribution in [0.25, 0.3) is 26.1 Å². The Morgan fingerprint density at radius 2 is 2.02 bits per heavy atom. The summed E-state index contributed by atoms with van der Waals surface area (Å²) in [5.74, 6) is 0.874. The maximum atomic E-state index is 12.6. The molecule has 0 unspecified atom stereocenters. The first-order valence-electron chi connectivity index (χ1n) is 13.1. The highest BCUT2D eigenvalue weighted by Gasteiger charge is 2.33. The summed E-state index contributed by atoms with van der Waals surface area (Å²) in [5, 5.41) is 14.2. The summed E-state index contributed by atoms with van der Waals surface area (Å²) in [4.78, 5) is 25.9. The van der Waals surface area contributed by atoms with Crippen LogP contribution in [0.5, 0.6) is 0 Å². The summed E-state index contributed by atoms with van der Waals surface area (Å²) in [6.07, 6.45) is 2.49. The fraction of sp³-hybridized carbons (Fsp3) is 0.370. The number of pyridine rings is 1. The number of morpholine rings is 1.